The van der Waals surface area contributed by atoms with Crippen LogP contribution in [0.15, 0.2) is 109 Å². The summed E-state index contributed by atoms with van der Waals surface area (Å²) >= 11 is 0. The first-order valence-corrected chi connectivity index (χ1v) is 35.2. The van der Waals surface area contributed by atoms with Gasteiger partial charge in [0.1, 0.15) is 25.4 Å². The van der Waals surface area contributed by atoms with Gasteiger partial charge in [0.25, 0.3) is 0 Å². The zero-order chi connectivity index (χ0) is 62.4. The van der Waals surface area contributed by atoms with Crippen LogP contribution in [0.5, 0.6) is 0 Å². The molecule has 5 unspecified atom stereocenters. The Bertz CT molecular complexity index is 1990. The first kappa shape index (κ1) is 81.2. The van der Waals surface area contributed by atoms with Crippen LogP contribution >= 0.6 is 15.6 Å². The minimum atomic E-state index is -4.93. The average Bonchev–Trinajstić information content (AvgIpc) is 3.51. The summed E-state index contributed by atoms with van der Waals surface area (Å²) in [6, 6.07) is 0. The van der Waals surface area contributed by atoms with E-state index >= 15 is 0 Å². The molecule has 0 saturated carbocycles. The Kier molecular flexibility index (Phi) is 57.8. The molecule has 0 aliphatic heterocycles. The van der Waals surface area contributed by atoms with E-state index in [9.17, 15) is 43.5 Å². The quantitative estimate of drug-likeness (QED) is 0.0146. The van der Waals surface area contributed by atoms with E-state index in [2.05, 4.69) is 118 Å². The van der Waals surface area contributed by atoms with Gasteiger partial charge >= 0.3 is 33.6 Å². The van der Waals surface area contributed by atoms with E-state index in [1.54, 1.807) is 0 Å². The highest BCUT2D eigenvalue weighted by atomic mass is 31.2. The molecule has 0 aromatic carbocycles. The van der Waals surface area contributed by atoms with Gasteiger partial charge in [-0.2, -0.15) is 0 Å². The second-order valence-corrected chi connectivity index (χ2v) is 24.1. The molecular weight excluding hydrogens is 1120 g/mol. The van der Waals surface area contributed by atoms with Gasteiger partial charge in [-0.1, -0.05) is 233 Å². The first-order valence-electron chi connectivity index (χ1n) is 32.2. The molecule has 0 rings (SSSR count). The van der Waals surface area contributed by atoms with E-state index in [-0.39, 0.29) is 19.3 Å². The van der Waals surface area contributed by atoms with Crippen LogP contribution in [-0.4, -0.2) is 95.9 Å². The van der Waals surface area contributed by atoms with Crippen molar-refractivity contribution >= 4 is 33.6 Å². The third-order valence-electron chi connectivity index (χ3n) is 13.0. The molecule has 0 radical (unpaired) electrons. The molecule has 18 heteroatoms. The number of rotatable bonds is 60. The average molecular weight is 1240 g/mol. The third-order valence-corrected chi connectivity index (χ3v) is 14.9. The minimum Gasteiger partial charge on any atom is -0.463 e. The van der Waals surface area contributed by atoms with Crippen LogP contribution in [0.2, 0.25) is 0 Å². The maximum atomic E-state index is 12.9. The second kappa shape index (κ2) is 60.5. The predicted octanol–water partition coefficient (Wildman–Crippen LogP) is 17.3. The summed E-state index contributed by atoms with van der Waals surface area (Å²) in [7, 11) is -9.79. The fraction of sp³-hybridized carbons (Fsp3) is 0.687. The van der Waals surface area contributed by atoms with Gasteiger partial charge in [-0.15, -0.1) is 0 Å². The van der Waals surface area contributed by atoms with Gasteiger partial charge in [-0.05, 0) is 96.3 Å². The smallest absolute Gasteiger partial charge is 0.463 e. The van der Waals surface area contributed by atoms with Gasteiger partial charge in [0.15, 0.2) is 6.10 Å². The number of carbonyl (C=O) groups excluding carboxylic acids is 3. The van der Waals surface area contributed by atoms with Gasteiger partial charge in [0.2, 0.25) is 0 Å². The Morgan fingerprint density at radius 3 is 1.04 bits per heavy atom. The maximum absolute atomic E-state index is 12.9. The Morgan fingerprint density at radius 1 is 0.341 bits per heavy atom. The van der Waals surface area contributed by atoms with Crippen molar-refractivity contribution in [2.75, 3.05) is 39.6 Å². The van der Waals surface area contributed by atoms with Crippen LogP contribution < -0.4 is 0 Å². The molecule has 488 valence electrons. The van der Waals surface area contributed by atoms with Crippen molar-refractivity contribution in [1.29, 1.82) is 0 Å². The van der Waals surface area contributed by atoms with Crippen molar-refractivity contribution in [2.45, 2.75) is 257 Å². The summed E-state index contributed by atoms with van der Waals surface area (Å²) in [4.78, 5) is 58.2. The highest BCUT2D eigenvalue weighted by Gasteiger charge is 2.29. The zero-order valence-electron chi connectivity index (χ0n) is 52.5. The lowest BCUT2D eigenvalue weighted by atomic mass is 10.0. The number of allylic oxidation sites excluding steroid dienone is 18. The summed E-state index contributed by atoms with van der Waals surface area (Å²) in [5, 5.41) is 20.5. The summed E-state index contributed by atoms with van der Waals surface area (Å²) in [5.74, 6) is -1.66. The molecule has 0 aliphatic rings. The monoisotopic (exact) mass is 1240 g/mol. The summed E-state index contributed by atoms with van der Waals surface area (Å²) in [5.41, 5.74) is 0. The molecule has 16 nitrogen and oxygen atoms in total. The molecule has 0 heterocycles. The molecule has 4 N–H and O–H groups in total. The van der Waals surface area contributed by atoms with E-state index in [0.29, 0.717) is 25.7 Å². The molecule has 0 fully saturated rings. The predicted molar refractivity (Wildman–Crippen MR) is 344 cm³/mol. The Balaban J connectivity index is 4.71. The minimum absolute atomic E-state index is 0.0915. The van der Waals surface area contributed by atoms with Crippen molar-refractivity contribution in [1.82, 2.24) is 0 Å². The van der Waals surface area contributed by atoms with E-state index in [1.807, 2.05) is 12.2 Å². The Labute approximate surface area is 513 Å². The van der Waals surface area contributed by atoms with Gasteiger partial charge in [-0.3, -0.25) is 32.5 Å². The summed E-state index contributed by atoms with van der Waals surface area (Å²) < 4.78 is 60.7. The van der Waals surface area contributed by atoms with Gasteiger partial charge in [-0.25, -0.2) is 9.13 Å². The van der Waals surface area contributed by atoms with Gasteiger partial charge in [0.05, 0.1) is 26.4 Å². The largest absolute Gasteiger partial charge is 0.472 e. The van der Waals surface area contributed by atoms with Crippen LogP contribution in [0.25, 0.3) is 0 Å². The molecule has 0 aromatic rings. The highest BCUT2D eigenvalue weighted by molar-refractivity contribution is 7.47. The molecule has 85 heavy (non-hydrogen) atoms. The number of hydrogen-bond acceptors (Lipinski definition) is 14. The van der Waals surface area contributed by atoms with E-state index < -0.39 is 91.5 Å². The summed E-state index contributed by atoms with van der Waals surface area (Å²) in [6.07, 6.45) is 65.8. The van der Waals surface area contributed by atoms with Crippen LogP contribution in [0.3, 0.4) is 0 Å². The number of ether oxygens (including phenoxy) is 3. The molecule has 5 atom stereocenters. The number of hydrogen-bond donors (Lipinski definition) is 4. The van der Waals surface area contributed by atoms with E-state index in [4.69, 9.17) is 32.3 Å². The molecule has 0 aliphatic carbocycles. The van der Waals surface area contributed by atoms with Crippen LogP contribution in [0.1, 0.15) is 239 Å². The van der Waals surface area contributed by atoms with E-state index in [1.165, 1.54) is 51.4 Å². The molecule has 0 aromatic heterocycles. The first-order chi connectivity index (χ1) is 41.2. The number of aliphatic hydroxyl groups is 2. The molecule has 0 spiro atoms. The van der Waals surface area contributed by atoms with Crippen LogP contribution in [0.4, 0.5) is 0 Å². The Morgan fingerprint density at radius 2 is 0.635 bits per heavy atom. The van der Waals surface area contributed by atoms with Crippen molar-refractivity contribution in [3.05, 3.63) is 109 Å². The number of esters is 3. The lowest BCUT2D eigenvalue weighted by Gasteiger charge is -2.21. The third kappa shape index (κ3) is 61.6. The van der Waals surface area contributed by atoms with Gasteiger partial charge in [0, 0.05) is 19.3 Å². The SMILES string of the molecule is CC/C=C\C/C=C\C/C=C\C/C=C\C/C=C\CCCC(=O)OCC(COP(=O)(O)OCC(O)COP(=O)(O)OCC(O)COC(=O)CCCCCCCC/C=C\C/C=C\C/C=C\C/C=C\CC)OC(=O)CCCCCCCCCCCCCCC. The second-order valence-electron chi connectivity index (χ2n) is 21.2. The van der Waals surface area contributed by atoms with Crippen molar-refractivity contribution in [3.8, 4) is 0 Å². The lowest BCUT2D eigenvalue weighted by Crippen LogP contribution is -2.30. The maximum Gasteiger partial charge on any atom is 0.472 e. The standard InChI is InChI=1S/C67H114O16P2/c1-4-7-10-13-16-19-22-25-27-29-30-32-34-36-38-41-44-47-50-53-65(70)77-56-62(68)57-79-84(73,74)80-58-63(69)59-81-85(75,76)82-61-64(83-67(72)55-52-49-46-43-40-35-24-21-18-15-12-9-6-3)60-78-66(71)54-51-48-45-42-39-37-33-31-28-26-23-20-17-14-11-8-5-2/h7-8,10-11,16-17,19-20,25-28,30,32-33,37,42,45,62-64,68-69H,4-6,9,12-15,18,21-24,29,31,34-36,38-41,43-44,46-61H2,1-3H3,(H,73,74)(H,75,76)/b10-7-,11-8-,19-16-,20-17-,27-25-,28-26-,32-30-,37-33-,45-42-. The molecule has 0 bridgehead atoms. The molecule has 0 saturated heterocycles. The number of phosphoric acid groups is 2. The van der Waals surface area contributed by atoms with Crippen LogP contribution in [-0.2, 0) is 55.8 Å². The lowest BCUT2D eigenvalue weighted by molar-refractivity contribution is -0.161. The fourth-order valence-electron chi connectivity index (χ4n) is 8.13. The van der Waals surface area contributed by atoms with Gasteiger partial charge < -0.3 is 34.2 Å². The fourth-order valence-corrected chi connectivity index (χ4v) is 9.71. The van der Waals surface area contributed by atoms with Crippen molar-refractivity contribution in [2.24, 2.45) is 0 Å². The molecular formula is C67H114O16P2. The van der Waals surface area contributed by atoms with Crippen molar-refractivity contribution < 1.29 is 75.8 Å². The molecule has 0 amide bonds. The normalized spacial score (nSPS) is 15.0. The Hall–Kier alpha value is -3.79. The number of phosphoric ester groups is 2. The van der Waals surface area contributed by atoms with E-state index in [0.717, 1.165) is 122 Å². The number of aliphatic hydroxyl groups excluding tert-OH is 2. The van der Waals surface area contributed by atoms with Crippen LogP contribution in [0, 0.1) is 0 Å². The zero-order valence-corrected chi connectivity index (χ0v) is 54.3. The number of unbranched alkanes of at least 4 members (excludes halogenated alkanes) is 19. The highest BCUT2D eigenvalue weighted by Crippen LogP contribution is 2.45. The summed E-state index contributed by atoms with van der Waals surface area (Å²) in [6.45, 7) is 2.34. The number of carbonyl (C=O) groups is 3. The topological polar surface area (TPSA) is 231 Å². The van der Waals surface area contributed by atoms with Crippen molar-refractivity contribution in [3.63, 3.8) is 0 Å².